The first-order chi connectivity index (χ1) is 15.7. The van der Waals surface area contributed by atoms with Gasteiger partial charge in [0.25, 0.3) is 5.91 Å². The molecule has 1 aliphatic rings. The molecule has 5 nitrogen and oxygen atoms in total. The molecule has 0 spiro atoms. The highest BCUT2D eigenvalue weighted by Crippen LogP contribution is 2.34. The fourth-order valence-corrected chi connectivity index (χ4v) is 4.83. The molecule has 0 aromatic heterocycles. The van der Waals surface area contributed by atoms with Gasteiger partial charge in [0, 0.05) is 30.3 Å². The molecule has 1 aliphatic heterocycles. The van der Waals surface area contributed by atoms with Gasteiger partial charge in [0.15, 0.2) is 0 Å². The summed E-state index contributed by atoms with van der Waals surface area (Å²) in [4.78, 5) is 29.7. The second kappa shape index (κ2) is 10.9. The van der Waals surface area contributed by atoms with Crippen LogP contribution < -0.4 is 10.2 Å². The van der Waals surface area contributed by atoms with Crippen LogP contribution in [-0.2, 0) is 11.2 Å². The number of halogens is 1. The van der Waals surface area contributed by atoms with Crippen molar-refractivity contribution in [3.63, 3.8) is 0 Å². The van der Waals surface area contributed by atoms with Crippen molar-refractivity contribution in [3.8, 4) is 0 Å². The third-order valence-electron chi connectivity index (χ3n) is 6.37. The summed E-state index contributed by atoms with van der Waals surface area (Å²) in [6.07, 6.45) is 2.24. The Morgan fingerprint density at radius 1 is 1.18 bits per heavy atom. The van der Waals surface area contributed by atoms with Crippen LogP contribution in [0.3, 0.4) is 0 Å². The Balaban J connectivity index is 1.77. The van der Waals surface area contributed by atoms with Gasteiger partial charge in [-0.05, 0) is 94.6 Å². The quantitative estimate of drug-likeness (QED) is 0.605. The molecule has 0 aliphatic carbocycles. The molecule has 2 amide bonds. The molecule has 2 aromatic carbocycles. The highest BCUT2D eigenvalue weighted by Gasteiger charge is 2.34. The number of nitrogens with zero attached hydrogens (tertiary/aromatic N) is 2. The van der Waals surface area contributed by atoms with Gasteiger partial charge >= 0.3 is 0 Å². The second-order valence-corrected chi connectivity index (χ2v) is 9.62. The standard InChI is InChI=1S/C27H36FN3O2/c1-18-14-23(26(32)29-11-8-12-30(4)5)15-19(2)25(18)31-17-21(13-20(3)27(31)33)16-22-9-6-7-10-24(22)28/h6-7,9-10,14-15,20-21H,8,11-13,16-17H2,1-5H3,(H,29,32)/t20-,21-/m1/s1. The number of nitrogens with one attached hydrogen (secondary N) is 1. The van der Waals surface area contributed by atoms with Crippen molar-refractivity contribution in [1.29, 1.82) is 0 Å². The Morgan fingerprint density at radius 3 is 2.48 bits per heavy atom. The van der Waals surface area contributed by atoms with Crippen LogP contribution >= 0.6 is 0 Å². The Kier molecular flexibility index (Phi) is 8.25. The number of benzene rings is 2. The minimum atomic E-state index is -0.193. The van der Waals surface area contributed by atoms with Gasteiger partial charge in [-0.2, -0.15) is 0 Å². The smallest absolute Gasteiger partial charge is 0.251 e. The molecule has 3 rings (SSSR count). The number of carbonyl (C=O) groups is 2. The topological polar surface area (TPSA) is 52.7 Å². The van der Waals surface area contributed by atoms with E-state index in [2.05, 4.69) is 10.2 Å². The maximum absolute atomic E-state index is 14.2. The van der Waals surface area contributed by atoms with Crippen LogP contribution in [0.2, 0.25) is 0 Å². The van der Waals surface area contributed by atoms with Gasteiger partial charge in [-0.1, -0.05) is 25.1 Å². The summed E-state index contributed by atoms with van der Waals surface area (Å²) >= 11 is 0. The first kappa shape index (κ1) is 24.9. The van der Waals surface area contributed by atoms with Gasteiger partial charge in [0.1, 0.15) is 5.82 Å². The fourth-order valence-electron chi connectivity index (χ4n) is 4.83. The van der Waals surface area contributed by atoms with Crippen LogP contribution in [0, 0.1) is 31.5 Å². The molecule has 0 saturated carbocycles. The predicted molar refractivity (Wildman–Crippen MR) is 131 cm³/mol. The lowest BCUT2D eigenvalue weighted by Gasteiger charge is -2.38. The van der Waals surface area contributed by atoms with Gasteiger partial charge < -0.3 is 15.1 Å². The second-order valence-electron chi connectivity index (χ2n) is 9.62. The van der Waals surface area contributed by atoms with Crippen LogP contribution in [0.1, 0.15) is 46.8 Å². The molecule has 1 saturated heterocycles. The molecule has 1 heterocycles. The molecule has 1 fully saturated rings. The first-order valence-electron chi connectivity index (χ1n) is 11.8. The first-order valence-corrected chi connectivity index (χ1v) is 11.8. The number of piperidine rings is 1. The lowest BCUT2D eigenvalue weighted by Crippen LogP contribution is -2.46. The normalized spacial score (nSPS) is 18.6. The van der Waals surface area contributed by atoms with Crippen LogP contribution in [0.4, 0.5) is 10.1 Å². The molecule has 178 valence electrons. The van der Waals surface area contributed by atoms with Crippen molar-refractivity contribution < 1.29 is 14.0 Å². The maximum Gasteiger partial charge on any atom is 0.251 e. The zero-order chi connectivity index (χ0) is 24.1. The van der Waals surface area contributed by atoms with Crippen LogP contribution in [0.15, 0.2) is 36.4 Å². The molecule has 1 N–H and O–H groups in total. The van der Waals surface area contributed by atoms with Crippen LogP contribution in [0.25, 0.3) is 0 Å². The van der Waals surface area contributed by atoms with Crippen molar-refractivity contribution in [2.75, 3.05) is 38.6 Å². The molecule has 33 heavy (non-hydrogen) atoms. The van der Waals surface area contributed by atoms with Gasteiger partial charge in [0.2, 0.25) is 5.91 Å². The number of aryl methyl sites for hydroxylation is 2. The summed E-state index contributed by atoms with van der Waals surface area (Å²) in [6, 6.07) is 10.6. The Labute approximate surface area is 197 Å². The number of carbonyl (C=O) groups excluding carboxylic acids is 2. The highest BCUT2D eigenvalue weighted by atomic mass is 19.1. The van der Waals surface area contributed by atoms with Crippen molar-refractivity contribution in [1.82, 2.24) is 10.2 Å². The fraction of sp³-hybridized carbons (Fsp3) is 0.481. The van der Waals surface area contributed by atoms with E-state index in [0.717, 1.165) is 36.2 Å². The summed E-state index contributed by atoms with van der Waals surface area (Å²) in [5, 5.41) is 2.98. The van der Waals surface area contributed by atoms with E-state index in [4.69, 9.17) is 0 Å². The summed E-state index contributed by atoms with van der Waals surface area (Å²) in [5.74, 6) is -0.155. The van der Waals surface area contributed by atoms with E-state index in [-0.39, 0.29) is 29.5 Å². The van der Waals surface area contributed by atoms with Crippen molar-refractivity contribution in [2.24, 2.45) is 11.8 Å². The summed E-state index contributed by atoms with van der Waals surface area (Å²) < 4.78 is 14.2. The monoisotopic (exact) mass is 453 g/mol. The lowest BCUT2D eigenvalue weighted by molar-refractivity contribution is -0.124. The predicted octanol–water partition coefficient (Wildman–Crippen LogP) is 4.36. The summed E-state index contributed by atoms with van der Waals surface area (Å²) in [6.45, 7) is 7.93. The number of hydrogen-bond donors (Lipinski definition) is 1. The number of hydrogen-bond acceptors (Lipinski definition) is 3. The lowest BCUT2D eigenvalue weighted by atomic mass is 9.84. The van der Waals surface area contributed by atoms with E-state index in [1.54, 1.807) is 6.07 Å². The Bertz CT molecular complexity index is 982. The zero-order valence-electron chi connectivity index (χ0n) is 20.5. The van der Waals surface area contributed by atoms with E-state index < -0.39 is 0 Å². The average molecular weight is 454 g/mol. The molecule has 2 aromatic rings. The van der Waals surface area contributed by atoms with E-state index in [0.29, 0.717) is 30.6 Å². The van der Waals surface area contributed by atoms with Crippen molar-refractivity contribution >= 4 is 17.5 Å². The van der Waals surface area contributed by atoms with Gasteiger partial charge in [-0.3, -0.25) is 9.59 Å². The summed E-state index contributed by atoms with van der Waals surface area (Å²) in [5.41, 5.74) is 3.98. The number of amides is 2. The van der Waals surface area contributed by atoms with E-state index in [1.165, 1.54) is 6.07 Å². The van der Waals surface area contributed by atoms with E-state index in [1.807, 2.05) is 64.0 Å². The van der Waals surface area contributed by atoms with E-state index >= 15 is 0 Å². The SMILES string of the molecule is Cc1cc(C(=O)NCCCN(C)C)cc(C)c1N1C[C@@H](Cc2ccccc2F)C[C@@H](C)C1=O. The maximum atomic E-state index is 14.2. The number of rotatable bonds is 8. The largest absolute Gasteiger partial charge is 0.352 e. The Hall–Kier alpha value is -2.73. The third kappa shape index (κ3) is 6.20. The van der Waals surface area contributed by atoms with Gasteiger partial charge in [0.05, 0.1) is 0 Å². The van der Waals surface area contributed by atoms with Crippen LogP contribution in [-0.4, -0.2) is 50.4 Å². The molecule has 0 radical (unpaired) electrons. The van der Waals surface area contributed by atoms with Gasteiger partial charge in [-0.25, -0.2) is 4.39 Å². The molecule has 2 atom stereocenters. The van der Waals surface area contributed by atoms with E-state index in [9.17, 15) is 14.0 Å². The molecule has 0 bridgehead atoms. The van der Waals surface area contributed by atoms with Gasteiger partial charge in [-0.15, -0.1) is 0 Å². The van der Waals surface area contributed by atoms with Crippen molar-refractivity contribution in [2.45, 2.75) is 40.0 Å². The van der Waals surface area contributed by atoms with Crippen LogP contribution in [0.5, 0.6) is 0 Å². The summed E-state index contributed by atoms with van der Waals surface area (Å²) in [7, 11) is 4.02. The minimum Gasteiger partial charge on any atom is -0.352 e. The molecular formula is C27H36FN3O2. The van der Waals surface area contributed by atoms with Crippen molar-refractivity contribution in [3.05, 3.63) is 64.5 Å². The molecule has 0 unspecified atom stereocenters. The molecule has 6 heteroatoms. The Morgan fingerprint density at radius 2 is 1.85 bits per heavy atom. The average Bonchev–Trinajstić information content (AvgIpc) is 2.75. The molecular weight excluding hydrogens is 417 g/mol. The highest BCUT2D eigenvalue weighted by molar-refractivity contribution is 5.99. The number of anilines is 1. The zero-order valence-corrected chi connectivity index (χ0v) is 20.5. The minimum absolute atomic E-state index is 0.0897. The third-order valence-corrected chi connectivity index (χ3v) is 6.37.